The van der Waals surface area contributed by atoms with Gasteiger partial charge in [-0.2, -0.15) is 5.10 Å². The Bertz CT molecular complexity index is 1410. The summed E-state index contributed by atoms with van der Waals surface area (Å²) < 4.78 is 1.71. The molecule has 2 aromatic carbocycles. The van der Waals surface area contributed by atoms with E-state index in [2.05, 4.69) is 32.5 Å². The molecule has 1 fully saturated rings. The van der Waals surface area contributed by atoms with Gasteiger partial charge in [0.2, 0.25) is 0 Å². The largest absolute Gasteiger partial charge is 0.507 e. The third-order valence-electron chi connectivity index (χ3n) is 6.33. The Morgan fingerprint density at radius 2 is 2.12 bits per heavy atom. The lowest BCUT2D eigenvalue weighted by molar-refractivity contribution is 0.0952. The van der Waals surface area contributed by atoms with Crippen LogP contribution in [0.5, 0.6) is 5.75 Å². The van der Waals surface area contributed by atoms with Gasteiger partial charge in [-0.3, -0.25) is 9.48 Å². The zero-order valence-electron chi connectivity index (χ0n) is 19.9. The fraction of sp³-hybridized carbons (Fsp3) is 0.360. The smallest absolute Gasteiger partial charge is 0.270 e. The highest BCUT2D eigenvalue weighted by Gasteiger charge is 2.22. The molecule has 3 N–H and O–H groups in total. The minimum Gasteiger partial charge on any atom is -0.507 e. The molecule has 176 valence electrons. The summed E-state index contributed by atoms with van der Waals surface area (Å²) in [6, 6.07) is 8.17. The maximum Gasteiger partial charge on any atom is 0.270 e. The second kappa shape index (κ2) is 8.57. The van der Waals surface area contributed by atoms with Crippen molar-refractivity contribution in [3.8, 4) is 17.1 Å². The second-order valence-electron chi connectivity index (χ2n) is 8.90. The molecule has 1 aliphatic rings. The molecule has 0 bridgehead atoms. The molecule has 3 heterocycles. The van der Waals surface area contributed by atoms with Crippen LogP contribution in [-0.4, -0.2) is 63.0 Å². The van der Waals surface area contributed by atoms with Crippen LogP contribution in [0, 0.1) is 6.92 Å². The third kappa shape index (κ3) is 3.81. The van der Waals surface area contributed by atoms with Crippen molar-refractivity contribution < 1.29 is 9.90 Å². The zero-order valence-corrected chi connectivity index (χ0v) is 19.9. The molecule has 34 heavy (non-hydrogen) atoms. The summed E-state index contributed by atoms with van der Waals surface area (Å²) in [4.78, 5) is 24.8. The van der Waals surface area contributed by atoms with E-state index in [1.54, 1.807) is 4.68 Å². The van der Waals surface area contributed by atoms with Gasteiger partial charge in [0.25, 0.3) is 5.91 Å². The van der Waals surface area contributed by atoms with Gasteiger partial charge in [0, 0.05) is 67.5 Å². The summed E-state index contributed by atoms with van der Waals surface area (Å²) >= 11 is 0. The number of carbonyl (C=O) groups excluding carboxylic acids is 1. The predicted octanol–water partition coefficient (Wildman–Crippen LogP) is 2.75. The number of piperazine rings is 1. The van der Waals surface area contributed by atoms with Crippen LogP contribution in [0.2, 0.25) is 0 Å². The number of aryl methyl sites for hydroxylation is 2. The van der Waals surface area contributed by atoms with E-state index < -0.39 is 0 Å². The average Bonchev–Trinajstić information content (AvgIpc) is 3.21. The molecule has 0 aliphatic carbocycles. The van der Waals surface area contributed by atoms with Crippen molar-refractivity contribution in [1.29, 1.82) is 0 Å². The Balaban J connectivity index is 1.68. The van der Waals surface area contributed by atoms with E-state index in [0.717, 1.165) is 36.2 Å². The maximum absolute atomic E-state index is 13.0. The van der Waals surface area contributed by atoms with Crippen LogP contribution in [0.3, 0.4) is 0 Å². The number of carbonyl (C=O) groups is 1. The number of aromatic hydroxyl groups is 1. The van der Waals surface area contributed by atoms with Gasteiger partial charge in [0.1, 0.15) is 11.4 Å². The van der Waals surface area contributed by atoms with Crippen LogP contribution in [-0.2, 0) is 7.05 Å². The van der Waals surface area contributed by atoms with Crippen molar-refractivity contribution in [1.82, 2.24) is 30.4 Å². The summed E-state index contributed by atoms with van der Waals surface area (Å²) in [5.74, 6) is 0.114. The molecule has 9 nitrogen and oxygen atoms in total. The van der Waals surface area contributed by atoms with Gasteiger partial charge in [-0.05, 0) is 45.0 Å². The van der Waals surface area contributed by atoms with E-state index in [4.69, 9.17) is 4.98 Å². The van der Waals surface area contributed by atoms with Crippen molar-refractivity contribution in [2.24, 2.45) is 7.05 Å². The fourth-order valence-electron chi connectivity index (χ4n) is 4.63. The number of nitrogens with one attached hydrogen (secondary N) is 2. The zero-order chi connectivity index (χ0) is 24.0. The molecule has 0 radical (unpaired) electrons. The van der Waals surface area contributed by atoms with Crippen molar-refractivity contribution in [3.05, 3.63) is 41.7 Å². The first-order chi connectivity index (χ1) is 16.4. The van der Waals surface area contributed by atoms with E-state index >= 15 is 0 Å². The number of phenols is 1. The summed E-state index contributed by atoms with van der Waals surface area (Å²) in [6.07, 6.45) is 1.89. The SMILES string of the molecule is CCNC(=O)c1nc(-c2cc3cn(C)nc3c(C)c2O)nc2ccc(N3CCNC(C)C3)cc12. The summed E-state index contributed by atoms with van der Waals surface area (Å²) in [5, 5.41) is 23.3. The predicted molar refractivity (Wildman–Crippen MR) is 133 cm³/mol. The van der Waals surface area contributed by atoms with Crippen molar-refractivity contribution in [2.75, 3.05) is 31.1 Å². The summed E-state index contributed by atoms with van der Waals surface area (Å²) in [5.41, 5.74) is 3.85. The third-order valence-corrected chi connectivity index (χ3v) is 6.33. The van der Waals surface area contributed by atoms with Gasteiger partial charge in [-0.1, -0.05) is 0 Å². The highest BCUT2D eigenvalue weighted by molar-refractivity contribution is 6.06. The number of hydrogen-bond acceptors (Lipinski definition) is 7. The van der Waals surface area contributed by atoms with Gasteiger partial charge in [0.15, 0.2) is 5.82 Å². The van der Waals surface area contributed by atoms with E-state index in [-0.39, 0.29) is 11.7 Å². The lowest BCUT2D eigenvalue weighted by atomic mass is 10.0. The molecule has 1 atom stereocenters. The number of nitrogens with zero attached hydrogens (tertiary/aromatic N) is 5. The molecule has 1 unspecified atom stereocenters. The number of phenolic OH excluding ortho intramolecular Hbond substituents is 1. The van der Waals surface area contributed by atoms with Crippen LogP contribution in [0.4, 0.5) is 5.69 Å². The van der Waals surface area contributed by atoms with Gasteiger partial charge < -0.3 is 20.6 Å². The highest BCUT2D eigenvalue weighted by Crippen LogP contribution is 2.36. The molecular formula is C25H29N7O2. The minimum atomic E-state index is -0.263. The molecular weight excluding hydrogens is 430 g/mol. The molecule has 1 amide bonds. The van der Waals surface area contributed by atoms with Crippen LogP contribution in [0.15, 0.2) is 30.5 Å². The van der Waals surface area contributed by atoms with E-state index in [1.807, 2.05) is 51.4 Å². The fourth-order valence-corrected chi connectivity index (χ4v) is 4.63. The summed E-state index contributed by atoms with van der Waals surface area (Å²) in [7, 11) is 1.84. The van der Waals surface area contributed by atoms with Crippen LogP contribution < -0.4 is 15.5 Å². The number of rotatable bonds is 4. The first kappa shape index (κ1) is 22.1. The molecule has 9 heteroatoms. The second-order valence-corrected chi connectivity index (χ2v) is 8.90. The topological polar surface area (TPSA) is 108 Å². The van der Waals surface area contributed by atoms with Gasteiger partial charge in [-0.15, -0.1) is 0 Å². The summed E-state index contributed by atoms with van der Waals surface area (Å²) in [6.45, 7) is 9.04. The molecule has 4 aromatic rings. The molecule has 1 aliphatic heterocycles. The van der Waals surface area contributed by atoms with E-state index in [9.17, 15) is 9.90 Å². The van der Waals surface area contributed by atoms with Crippen LogP contribution in [0.1, 0.15) is 29.9 Å². The monoisotopic (exact) mass is 459 g/mol. The van der Waals surface area contributed by atoms with E-state index in [0.29, 0.717) is 46.1 Å². The van der Waals surface area contributed by atoms with Crippen LogP contribution in [0.25, 0.3) is 33.2 Å². The number of anilines is 1. The lowest BCUT2D eigenvalue weighted by Gasteiger charge is -2.33. The normalized spacial score (nSPS) is 16.4. The number of fused-ring (bicyclic) bond motifs is 2. The molecule has 0 saturated carbocycles. The first-order valence-electron chi connectivity index (χ1n) is 11.6. The molecule has 0 spiro atoms. The van der Waals surface area contributed by atoms with Crippen LogP contribution >= 0.6 is 0 Å². The van der Waals surface area contributed by atoms with E-state index in [1.165, 1.54) is 0 Å². The van der Waals surface area contributed by atoms with Gasteiger partial charge in [-0.25, -0.2) is 9.97 Å². The Kier molecular flexibility index (Phi) is 5.57. The highest BCUT2D eigenvalue weighted by atomic mass is 16.3. The Morgan fingerprint density at radius 1 is 1.29 bits per heavy atom. The standard InChI is InChI=1S/C25H29N7O2/c1-5-26-25(34)22-18-11-17(32-9-8-27-14(2)12-32)6-7-20(18)28-24(29-22)19-10-16-13-31(4)30-21(16)15(3)23(19)33/h6-7,10-11,13-14,27,33H,5,8-9,12H2,1-4H3,(H,26,34). The molecule has 1 saturated heterocycles. The lowest BCUT2D eigenvalue weighted by Crippen LogP contribution is -2.49. The Labute approximate surface area is 197 Å². The van der Waals surface area contributed by atoms with Gasteiger partial charge >= 0.3 is 0 Å². The number of aromatic nitrogens is 4. The minimum absolute atomic E-state index is 0.0684. The maximum atomic E-state index is 13.0. The quantitative estimate of drug-likeness (QED) is 0.431. The number of amides is 1. The van der Waals surface area contributed by atoms with Gasteiger partial charge in [0.05, 0.1) is 16.6 Å². The van der Waals surface area contributed by atoms with Crippen molar-refractivity contribution in [3.63, 3.8) is 0 Å². The Morgan fingerprint density at radius 3 is 2.88 bits per heavy atom. The molecule has 5 rings (SSSR count). The number of benzene rings is 2. The van der Waals surface area contributed by atoms with Crippen molar-refractivity contribution >= 4 is 33.4 Å². The average molecular weight is 460 g/mol. The molecule has 2 aromatic heterocycles. The van der Waals surface area contributed by atoms with Crippen molar-refractivity contribution in [2.45, 2.75) is 26.8 Å². The Hall–Kier alpha value is -3.72. The number of hydrogen-bond donors (Lipinski definition) is 3. The first-order valence-corrected chi connectivity index (χ1v) is 11.6.